The highest BCUT2D eigenvalue weighted by atomic mass is 15.0. The van der Waals surface area contributed by atoms with Crippen molar-refractivity contribution in [2.24, 2.45) is 23.7 Å². The van der Waals surface area contributed by atoms with Gasteiger partial charge < -0.3 is 5.32 Å². The molecule has 0 saturated heterocycles. The third kappa shape index (κ3) is 2.44. The van der Waals surface area contributed by atoms with Crippen molar-refractivity contribution in [2.75, 3.05) is 5.32 Å². The van der Waals surface area contributed by atoms with Gasteiger partial charge >= 0.3 is 0 Å². The number of pyridine rings is 1. The second-order valence-electron chi connectivity index (χ2n) is 10.8. The number of fused-ring (bicyclic) bond motifs is 3. The van der Waals surface area contributed by atoms with Crippen LogP contribution in [0.1, 0.15) is 73.6 Å². The summed E-state index contributed by atoms with van der Waals surface area (Å²) in [7, 11) is 0. The highest BCUT2D eigenvalue weighted by Gasteiger charge is 2.52. The van der Waals surface area contributed by atoms with Crippen LogP contribution >= 0.6 is 0 Å². The van der Waals surface area contributed by atoms with E-state index in [-0.39, 0.29) is 0 Å². The Hall–Kier alpha value is -2.09. The smallest absolute Gasteiger partial charge is 0.0555 e. The van der Waals surface area contributed by atoms with E-state index in [0.29, 0.717) is 23.3 Å². The van der Waals surface area contributed by atoms with E-state index in [2.05, 4.69) is 52.8 Å². The van der Waals surface area contributed by atoms with Gasteiger partial charge in [-0.2, -0.15) is 0 Å². The number of allylic oxidation sites excluding steroid dienone is 2. The first-order valence-electron chi connectivity index (χ1n) is 11.7. The zero-order chi connectivity index (χ0) is 19.0. The molecule has 4 bridgehead atoms. The van der Waals surface area contributed by atoms with Crippen LogP contribution in [0.3, 0.4) is 0 Å². The van der Waals surface area contributed by atoms with Crippen LogP contribution < -0.4 is 5.32 Å². The molecule has 6 aliphatic rings. The molecule has 0 amide bonds. The van der Waals surface area contributed by atoms with Gasteiger partial charge in [0.2, 0.25) is 0 Å². The fourth-order valence-electron chi connectivity index (χ4n) is 8.29. The molecule has 8 rings (SSSR count). The molecule has 4 saturated carbocycles. The van der Waals surface area contributed by atoms with E-state index in [1.807, 2.05) is 12.4 Å². The molecular weight excluding hydrogens is 352 g/mol. The summed E-state index contributed by atoms with van der Waals surface area (Å²) in [5, 5.41) is 3.92. The fourth-order valence-corrected chi connectivity index (χ4v) is 8.29. The van der Waals surface area contributed by atoms with E-state index >= 15 is 0 Å². The van der Waals surface area contributed by atoms with Gasteiger partial charge in [0.15, 0.2) is 0 Å². The molecule has 2 aromatic rings. The first kappa shape index (κ1) is 16.7. The molecule has 2 heteroatoms. The van der Waals surface area contributed by atoms with Crippen molar-refractivity contribution < 1.29 is 0 Å². The van der Waals surface area contributed by atoms with E-state index in [0.717, 1.165) is 17.8 Å². The van der Waals surface area contributed by atoms with Crippen LogP contribution in [0.25, 0.3) is 0 Å². The molecule has 4 fully saturated rings. The molecular formula is C27H30N2. The van der Waals surface area contributed by atoms with Crippen molar-refractivity contribution in [3.05, 3.63) is 71.6 Å². The first-order chi connectivity index (χ1) is 14.3. The van der Waals surface area contributed by atoms with Gasteiger partial charge in [-0.05, 0) is 109 Å². The van der Waals surface area contributed by atoms with Gasteiger partial charge in [-0.15, -0.1) is 0 Å². The maximum Gasteiger partial charge on any atom is 0.0555 e. The molecule has 2 nitrogen and oxygen atoms in total. The Bertz CT molecular complexity index is 940. The van der Waals surface area contributed by atoms with Gasteiger partial charge in [0.1, 0.15) is 0 Å². The minimum absolute atomic E-state index is 0.385. The lowest BCUT2D eigenvalue weighted by Crippen LogP contribution is -2.48. The molecule has 0 spiro atoms. The summed E-state index contributed by atoms with van der Waals surface area (Å²) in [6.07, 6.45) is 18.9. The Morgan fingerprint density at radius 3 is 2.34 bits per heavy atom. The maximum atomic E-state index is 4.23. The maximum absolute atomic E-state index is 4.23. The predicted octanol–water partition coefficient (Wildman–Crippen LogP) is 6.38. The predicted molar refractivity (Wildman–Crippen MR) is 117 cm³/mol. The molecule has 2 heterocycles. The van der Waals surface area contributed by atoms with Crippen molar-refractivity contribution >= 4 is 5.69 Å². The summed E-state index contributed by atoms with van der Waals surface area (Å²) >= 11 is 0. The highest BCUT2D eigenvalue weighted by molar-refractivity contribution is 5.61. The van der Waals surface area contributed by atoms with Crippen molar-refractivity contribution in [1.82, 2.24) is 4.98 Å². The number of nitrogens with zero attached hydrogens (tertiary/aromatic N) is 1. The van der Waals surface area contributed by atoms with Crippen molar-refractivity contribution in [3.8, 4) is 0 Å². The van der Waals surface area contributed by atoms with Gasteiger partial charge in [0.05, 0.1) is 6.04 Å². The highest BCUT2D eigenvalue weighted by Crippen LogP contribution is 2.61. The molecule has 5 aliphatic carbocycles. The topological polar surface area (TPSA) is 24.9 Å². The number of hydrogen-bond donors (Lipinski definition) is 1. The van der Waals surface area contributed by atoms with Gasteiger partial charge in [-0.25, -0.2) is 0 Å². The number of benzene rings is 1. The lowest BCUT2D eigenvalue weighted by Gasteiger charge is -2.57. The van der Waals surface area contributed by atoms with Crippen LogP contribution in [0.5, 0.6) is 0 Å². The monoisotopic (exact) mass is 382 g/mol. The summed E-state index contributed by atoms with van der Waals surface area (Å²) in [6, 6.07) is 12.3. The summed E-state index contributed by atoms with van der Waals surface area (Å²) in [5.74, 6) is 4.19. The Morgan fingerprint density at radius 1 is 0.897 bits per heavy atom. The van der Waals surface area contributed by atoms with Crippen molar-refractivity contribution in [1.29, 1.82) is 0 Å². The largest absolute Gasteiger partial charge is 0.378 e. The minimum Gasteiger partial charge on any atom is -0.378 e. The van der Waals surface area contributed by atoms with E-state index in [4.69, 9.17) is 0 Å². The molecule has 29 heavy (non-hydrogen) atoms. The van der Waals surface area contributed by atoms with Gasteiger partial charge in [-0.3, -0.25) is 4.98 Å². The SMILES string of the molecule is C1=C[C@@H]2c3cc(C45CC6CC(CC(C6)C4)C5)ccc3N[C@H](c3ccncc3)[C@H]2C1. The van der Waals surface area contributed by atoms with E-state index in [1.165, 1.54) is 56.2 Å². The van der Waals surface area contributed by atoms with Gasteiger partial charge in [0.25, 0.3) is 0 Å². The van der Waals surface area contributed by atoms with Gasteiger partial charge in [0, 0.05) is 24.0 Å². The molecule has 1 aliphatic heterocycles. The quantitative estimate of drug-likeness (QED) is 0.610. The Balaban J connectivity index is 1.29. The third-order valence-electron chi connectivity index (χ3n) is 9.08. The number of aromatic nitrogens is 1. The number of nitrogens with one attached hydrogen (secondary N) is 1. The summed E-state index contributed by atoms with van der Waals surface area (Å²) in [6.45, 7) is 0. The van der Waals surface area contributed by atoms with Crippen LogP contribution in [0.15, 0.2) is 54.9 Å². The van der Waals surface area contributed by atoms with Crippen molar-refractivity contribution in [2.45, 2.75) is 62.3 Å². The molecule has 0 unspecified atom stereocenters. The normalized spacial score (nSPS) is 41.1. The minimum atomic E-state index is 0.385. The molecule has 1 aromatic carbocycles. The van der Waals surface area contributed by atoms with Crippen LogP contribution in [0.4, 0.5) is 5.69 Å². The second-order valence-corrected chi connectivity index (χ2v) is 10.8. The summed E-state index contributed by atoms with van der Waals surface area (Å²) < 4.78 is 0. The van der Waals surface area contributed by atoms with Crippen LogP contribution in [-0.2, 0) is 5.41 Å². The van der Waals surface area contributed by atoms with E-state index in [9.17, 15) is 0 Å². The molecule has 0 radical (unpaired) electrons. The Morgan fingerprint density at radius 2 is 1.62 bits per heavy atom. The average Bonchev–Trinajstić information content (AvgIpc) is 3.23. The van der Waals surface area contributed by atoms with Crippen LogP contribution in [0, 0.1) is 23.7 Å². The zero-order valence-corrected chi connectivity index (χ0v) is 17.1. The van der Waals surface area contributed by atoms with E-state index < -0.39 is 0 Å². The van der Waals surface area contributed by atoms with E-state index in [1.54, 1.807) is 11.1 Å². The lowest BCUT2D eigenvalue weighted by molar-refractivity contribution is -0.00523. The lowest BCUT2D eigenvalue weighted by atomic mass is 9.48. The standard InChI is InChI=1S/C27H30N2/c1-2-22-23(3-1)26(20-6-8-28-9-7-20)29-25-5-4-21(13-24(22)25)27-14-17-10-18(15-27)12-19(11-17)16-27/h1-2,4-9,13,17-19,22-23,26,29H,3,10-12,14-16H2/t17?,18?,19?,22-,23-,26+,27?/m0/s1. The zero-order valence-electron chi connectivity index (χ0n) is 17.1. The first-order valence-corrected chi connectivity index (χ1v) is 11.7. The number of anilines is 1. The fraction of sp³-hybridized carbons (Fsp3) is 0.519. The third-order valence-corrected chi connectivity index (χ3v) is 9.08. The molecule has 3 atom stereocenters. The summed E-state index contributed by atoms with van der Waals surface area (Å²) in [4.78, 5) is 4.23. The Labute approximate surface area is 173 Å². The van der Waals surface area contributed by atoms with Crippen molar-refractivity contribution in [3.63, 3.8) is 0 Å². The van der Waals surface area contributed by atoms with Crippen LogP contribution in [0.2, 0.25) is 0 Å². The van der Waals surface area contributed by atoms with Crippen LogP contribution in [-0.4, -0.2) is 4.98 Å². The average molecular weight is 383 g/mol. The van der Waals surface area contributed by atoms with Gasteiger partial charge in [-0.1, -0.05) is 24.3 Å². The molecule has 148 valence electrons. The summed E-state index contributed by atoms with van der Waals surface area (Å²) in [5.41, 5.74) is 6.44. The number of hydrogen-bond acceptors (Lipinski definition) is 2. The second kappa shape index (κ2) is 5.97. The Kier molecular flexibility index (Phi) is 3.43. The molecule has 1 N–H and O–H groups in total. The number of rotatable bonds is 2. The molecule has 1 aromatic heterocycles.